The van der Waals surface area contributed by atoms with Crippen molar-refractivity contribution in [2.24, 2.45) is 0 Å². The van der Waals surface area contributed by atoms with Gasteiger partial charge in [0.25, 0.3) is 0 Å². The maximum atomic E-state index is 4.31. The number of likely N-dealkylation sites (N-methyl/N-ethyl adjacent to an activating group) is 1. The number of aromatic nitrogens is 1. The fourth-order valence-electron chi connectivity index (χ4n) is 1.98. The first-order chi connectivity index (χ1) is 8.25. The van der Waals surface area contributed by atoms with Crippen molar-refractivity contribution in [2.75, 3.05) is 13.6 Å². The van der Waals surface area contributed by atoms with Gasteiger partial charge in [-0.15, -0.1) is 11.3 Å². The molecule has 2 rings (SSSR count). The first-order valence-corrected chi connectivity index (χ1v) is 6.75. The molecular formula is C14H18N2S. The van der Waals surface area contributed by atoms with Gasteiger partial charge < -0.3 is 0 Å². The highest BCUT2D eigenvalue weighted by atomic mass is 32.1. The average Bonchev–Trinajstić information content (AvgIpc) is 2.82. The van der Waals surface area contributed by atoms with E-state index < -0.39 is 0 Å². The van der Waals surface area contributed by atoms with Crippen LogP contribution in [0.4, 0.5) is 0 Å². The van der Waals surface area contributed by atoms with Crippen LogP contribution in [-0.2, 0) is 6.54 Å². The van der Waals surface area contributed by atoms with Crippen molar-refractivity contribution in [3.8, 4) is 0 Å². The minimum absolute atomic E-state index is 0.557. The Morgan fingerprint density at radius 3 is 2.71 bits per heavy atom. The van der Waals surface area contributed by atoms with Gasteiger partial charge >= 0.3 is 0 Å². The Hall–Kier alpha value is -1.19. The molecule has 0 aliphatic carbocycles. The Morgan fingerprint density at radius 1 is 1.29 bits per heavy atom. The zero-order chi connectivity index (χ0) is 12.1. The quantitative estimate of drug-likeness (QED) is 0.804. The van der Waals surface area contributed by atoms with Crippen LogP contribution in [0.2, 0.25) is 0 Å². The molecule has 0 bridgehead atoms. The van der Waals surface area contributed by atoms with E-state index in [9.17, 15) is 0 Å². The molecule has 0 fully saturated rings. The number of benzene rings is 1. The van der Waals surface area contributed by atoms with Crippen molar-refractivity contribution in [3.63, 3.8) is 0 Å². The van der Waals surface area contributed by atoms with Gasteiger partial charge in [0.05, 0.1) is 6.54 Å². The molecule has 90 valence electrons. The van der Waals surface area contributed by atoms with Crippen molar-refractivity contribution in [3.05, 3.63) is 52.5 Å². The molecule has 0 saturated heterocycles. The van der Waals surface area contributed by atoms with Crippen LogP contribution in [0.1, 0.15) is 23.4 Å². The lowest BCUT2D eigenvalue weighted by Crippen LogP contribution is -2.23. The monoisotopic (exact) mass is 246 g/mol. The van der Waals surface area contributed by atoms with E-state index in [2.05, 4.69) is 54.2 Å². The first kappa shape index (κ1) is 12.3. The first-order valence-electron chi connectivity index (χ1n) is 5.87. The largest absolute Gasteiger partial charge is 0.299 e. The van der Waals surface area contributed by atoms with Gasteiger partial charge in [0.2, 0.25) is 0 Å². The van der Waals surface area contributed by atoms with E-state index in [-0.39, 0.29) is 0 Å². The lowest BCUT2D eigenvalue weighted by molar-refractivity contribution is 0.309. The lowest BCUT2D eigenvalue weighted by atomic mass is 10.0. The summed E-state index contributed by atoms with van der Waals surface area (Å²) in [6, 6.07) is 10.7. The maximum Gasteiger partial charge on any atom is 0.107 e. The number of hydrogen-bond acceptors (Lipinski definition) is 3. The van der Waals surface area contributed by atoms with Gasteiger partial charge in [0, 0.05) is 18.1 Å². The molecule has 0 amide bonds. The van der Waals surface area contributed by atoms with E-state index in [0.717, 1.165) is 13.1 Å². The molecule has 0 saturated carbocycles. The highest BCUT2D eigenvalue weighted by molar-refractivity contribution is 7.09. The lowest BCUT2D eigenvalue weighted by Gasteiger charge is -2.20. The van der Waals surface area contributed by atoms with Gasteiger partial charge in [-0.2, -0.15) is 0 Å². The molecule has 0 unspecified atom stereocenters. The molecule has 0 N–H and O–H groups in total. The third kappa shape index (κ3) is 3.65. The molecule has 3 heteroatoms. The van der Waals surface area contributed by atoms with Crippen LogP contribution >= 0.6 is 11.3 Å². The van der Waals surface area contributed by atoms with Gasteiger partial charge in [0.1, 0.15) is 5.01 Å². The number of hydrogen-bond donors (Lipinski definition) is 0. The average molecular weight is 246 g/mol. The summed E-state index contributed by atoms with van der Waals surface area (Å²) in [5, 5.41) is 3.22. The summed E-state index contributed by atoms with van der Waals surface area (Å²) >= 11 is 1.72. The highest BCUT2D eigenvalue weighted by Crippen LogP contribution is 2.16. The van der Waals surface area contributed by atoms with Gasteiger partial charge in [-0.1, -0.05) is 37.3 Å². The van der Waals surface area contributed by atoms with Crippen molar-refractivity contribution in [2.45, 2.75) is 19.4 Å². The predicted molar refractivity (Wildman–Crippen MR) is 73.3 cm³/mol. The Morgan fingerprint density at radius 2 is 2.06 bits per heavy atom. The van der Waals surface area contributed by atoms with Crippen LogP contribution in [0.25, 0.3) is 0 Å². The molecule has 0 aliphatic rings. The number of nitrogens with zero attached hydrogens (tertiary/aromatic N) is 2. The zero-order valence-electron chi connectivity index (χ0n) is 10.3. The molecule has 1 heterocycles. The molecule has 2 nitrogen and oxygen atoms in total. The van der Waals surface area contributed by atoms with Crippen molar-refractivity contribution in [1.82, 2.24) is 9.88 Å². The van der Waals surface area contributed by atoms with Gasteiger partial charge in [-0.3, -0.25) is 4.90 Å². The third-order valence-corrected chi connectivity index (χ3v) is 3.61. The van der Waals surface area contributed by atoms with E-state index >= 15 is 0 Å². The maximum absolute atomic E-state index is 4.31. The van der Waals surface area contributed by atoms with E-state index in [1.165, 1.54) is 10.6 Å². The highest BCUT2D eigenvalue weighted by Gasteiger charge is 2.09. The molecule has 17 heavy (non-hydrogen) atoms. The van der Waals surface area contributed by atoms with Gasteiger partial charge in [0.15, 0.2) is 0 Å². The van der Waals surface area contributed by atoms with Crippen LogP contribution in [-0.4, -0.2) is 23.5 Å². The van der Waals surface area contributed by atoms with Crippen molar-refractivity contribution < 1.29 is 0 Å². The summed E-state index contributed by atoms with van der Waals surface area (Å²) in [7, 11) is 2.15. The zero-order valence-corrected chi connectivity index (χ0v) is 11.2. The summed E-state index contributed by atoms with van der Waals surface area (Å²) in [6.45, 7) is 4.27. The smallest absolute Gasteiger partial charge is 0.107 e. The van der Waals surface area contributed by atoms with Crippen LogP contribution < -0.4 is 0 Å². The fraction of sp³-hybridized carbons (Fsp3) is 0.357. The van der Waals surface area contributed by atoms with E-state index in [1.54, 1.807) is 11.3 Å². The van der Waals surface area contributed by atoms with E-state index in [1.807, 2.05) is 11.6 Å². The van der Waals surface area contributed by atoms with E-state index in [0.29, 0.717) is 5.92 Å². The van der Waals surface area contributed by atoms with Crippen LogP contribution in [0.3, 0.4) is 0 Å². The molecule has 1 aromatic heterocycles. The second-order valence-corrected chi connectivity index (χ2v) is 5.41. The van der Waals surface area contributed by atoms with Crippen LogP contribution in [0.5, 0.6) is 0 Å². The summed E-state index contributed by atoms with van der Waals surface area (Å²) in [5.41, 5.74) is 1.40. The normalized spacial score (nSPS) is 12.9. The third-order valence-electron chi connectivity index (χ3n) is 2.84. The Labute approximate surface area is 107 Å². The van der Waals surface area contributed by atoms with E-state index in [4.69, 9.17) is 0 Å². The Bertz CT molecular complexity index is 425. The summed E-state index contributed by atoms with van der Waals surface area (Å²) in [5.74, 6) is 0.557. The molecule has 1 atom stereocenters. The van der Waals surface area contributed by atoms with Crippen LogP contribution in [0.15, 0.2) is 41.9 Å². The van der Waals surface area contributed by atoms with Crippen molar-refractivity contribution in [1.29, 1.82) is 0 Å². The van der Waals surface area contributed by atoms with Gasteiger partial charge in [-0.05, 0) is 18.5 Å². The molecule has 0 aliphatic heterocycles. The molecule has 0 radical (unpaired) electrons. The fourth-order valence-corrected chi connectivity index (χ4v) is 2.68. The summed E-state index contributed by atoms with van der Waals surface area (Å²) < 4.78 is 0. The molecule has 0 spiro atoms. The van der Waals surface area contributed by atoms with Crippen LogP contribution in [0, 0.1) is 0 Å². The number of rotatable bonds is 5. The summed E-state index contributed by atoms with van der Waals surface area (Å²) in [6.07, 6.45) is 1.87. The predicted octanol–water partition coefficient (Wildman–Crippen LogP) is 3.38. The summed E-state index contributed by atoms with van der Waals surface area (Å²) in [4.78, 5) is 6.64. The molecular weight excluding hydrogens is 228 g/mol. The second-order valence-electron chi connectivity index (χ2n) is 4.43. The minimum atomic E-state index is 0.557. The second kappa shape index (κ2) is 5.94. The minimum Gasteiger partial charge on any atom is -0.299 e. The Kier molecular flexibility index (Phi) is 4.29. The number of thiazole rings is 1. The molecule has 2 aromatic rings. The SMILES string of the molecule is C[C@H](CN(C)Cc1nccs1)c1ccccc1. The van der Waals surface area contributed by atoms with Gasteiger partial charge in [-0.25, -0.2) is 4.98 Å². The topological polar surface area (TPSA) is 16.1 Å². The Balaban J connectivity index is 1.88. The molecule has 1 aromatic carbocycles. The standard InChI is InChI=1S/C14H18N2S/c1-12(13-6-4-3-5-7-13)10-16(2)11-14-15-8-9-17-14/h3-9,12H,10-11H2,1-2H3/t12-/m1/s1. The van der Waals surface area contributed by atoms with Crippen molar-refractivity contribution >= 4 is 11.3 Å².